The van der Waals surface area contributed by atoms with Gasteiger partial charge < -0.3 is 13.1 Å². The molecular weight excluding hydrogens is 274 g/mol. The molecule has 0 fully saturated rings. The molecule has 0 heterocycles. The number of aromatic carboxylic acids is 1. The van der Waals surface area contributed by atoms with Gasteiger partial charge >= 0.3 is 86.9 Å². The van der Waals surface area contributed by atoms with E-state index < -0.39 is 32.3 Å². The molecule has 6 nitrogen and oxygen atoms in total. The van der Waals surface area contributed by atoms with E-state index in [-0.39, 0.29) is 83.8 Å². The molecule has 0 aromatic heterocycles. The minimum atomic E-state index is -4.45. The number of phenols is 1. The van der Waals surface area contributed by atoms with Crippen molar-refractivity contribution in [3.8, 4) is 5.75 Å². The van der Waals surface area contributed by atoms with Crippen LogP contribution >= 0.6 is 0 Å². The molecule has 16 heavy (non-hydrogen) atoms. The molecule has 0 saturated heterocycles. The second-order valence-electron chi connectivity index (χ2n) is 2.46. The Bertz CT molecular complexity index is 495. The zero-order valence-corrected chi connectivity index (χ0v) is 14.6. The topological polar surface area (TPSA) is 112 Å². The van der Waals surface area contributed by atoms with Crippen LogP contribution in [0.25, 0.3) is 0 Å². The summed E-state index contributed by atoms with van der Waals surface area (Å²) < 4.78 is 29.8. The Labute approximate surface area is 159 Å². The van der Waals surface area contributed by atoms with Crippen LogP contribution in [-0.4, -0.2) is 29.2 Å². The van der Waals surface area contributed by atoms with Gasteiger partial charge in [0, 0.05) is 0 Å². The van der Waals surface area contributed by atoms with Gasteiger partial charge in [0.2, 0.25) is 0 Å². The van der Waals surface area contributed by atoms with Gasteiger partial charge in [0.25, 0.3) is 10.1 Å². The van der Waals surface area contributed by atoms with Gasteiger partial charge in [-0.05, 0) is 18.2 Å². The second kappa shape index (κ2) is 7.47. The number of benzene rings is 1. The quantitative estimate of drug-likeness (QED) is 0.369. The van der Waals surface area contributed by atoms with Gasteiger partial charge in [0.05, 0.1) is 4.90 Å². The van der Waals surface area contributed by atoms with Crippen LogP contribution in [0.5, 0.6) is 5.75 Å². The van der Waals surface area contributed by atoms with Crippen LogP contribution in [0.2, 0.25) is 0 Å². The molecular formula is C7H8KNaO6S. The van der Waals surface area contributed by atoms with Crippen LogP contribution in [0.15, 0.2) is 23.1 Å². The molecule has 0 radical (unpaired) electrons. The summed E-state index contributed by atoms with van der Waals surface area (Å²) in [5.74, 6) is -2.04. The molecule has 80 valence electrons. The van der Waals surface area contributed by atoms with Crippen LogP contribution in [0.3, 0.4) is 0 Å². The summed E-state index contributed by atoms with van der Waals surface area (Å²) in [6, 6.07) is 2.46. The Morgan fingerprint density at radius 2 is 1.81 bits per heavy atom. The van der Waals surface area contributed by atoms with E-state index in [4.69, 9.17) is 14.8 Å². The third-order valence-corrected chi connectivity index (χ3v) is 2.35. The van der Waals surface area contributed by atoms with Gasteiger partial charge in [-0.3, -0.25) is 4.55 Å². The predicted octanol–water partition coefficient (Wildman–Crippen LogP) is -5.43. The molecule has 1 aromatic carbocycles. The van der Waals surface area contributed by atoms with E-state index in [2.05, 4.69) is 0 Å². The van der Waals surface area contributed by atoms with Crippen LogP contribution in [0, 0.1) is 0 Å². The molecule has 0 amide bonds. The van der Waals surface area contributed by atoms with E-state index in [1.54, 1.807) is 0 Å². The average Bonchev–Trinajstić information content (AvgIpc) is 2.02. The van der Waals surface area contributed by atoms with Crippen molar-refractivity contribution in [3.63, 3.8) is 0 Å². The molecule has 0 saturated carbocycles. The number of hydrogen-bond donors (Lipinski definition) is 3. The summed E-state index contributed by atoms with van der Waals surface area (Å²) in [5.41, 5.74) is -0.583. The van der Waals surface area contributed by atoms with Gasteiger partial charge in [-0.25, -0.2) is 4.79 Å². The number of rotatable bonds is 2. The van der Waals surface area contributed by atoms with Gasteiger partial charge in [-0.2, -0.15) is 8.42 Å². The van der Waals surface area contributed by atoms with E-state index in [1.165, 1.54) is 0 Å². The Hall–Kier alpha value is 1.04. The average molecular weight is 282 g/mol. The number of carboxylic acid groups (broad SMARTS) is 1. The summed E-state index contributed by atoms with van der Waals surface area (Å²) >= 11 is 0. The maximum absolute atomic E-state index is 10.6. The second-order valence-corrected chi connectivity index (χ2v) is 3.88. The largest absolute Gasteiger partial charge is 1.00 e. The van der Waals surface area contributed by atoms with E-state index in [1.807, 2.05) is 0 Å². The normalized spacial score (nSPS) is 9.81. The van der Waals surface area contributed by atoms with E-state index in [0.717, 1.165) is 12.1 Å². The van der Waals surface area contributed by atoms with Crippen molar-refractivity contribution in [3.05, 3.63) is 23.8 Å². The SMILES string of the molecule is O=C(O)c1cc(S(=O)(=O)O)ccc1O.[H-].[H-].[K+].[Na+]. The fourth-order valence-electron chi connectivity index (χ4n) is 0.847. The fraction of sp³-hybridized carbons (Fsp3) is 0. The summed E-state index contributed by atoms with van der Waals surface area (Å²) in [4.78, 5) is 9.89. The third-order valence-electron chi connectivity index (χ3n) is 1.50. The minimum absolute atomic E-state index is 0. The molecule has 9 heteroatoms. The number of carboxylic acids is 1. The minimum Gasteiger partial charge on any atom is -1.00 e. The maximum Gasteiger partial charge on any atom is 1.00 e. The van der Waals surface area contributed by atoms with Crippen LogP contribution in [-0.2, 0) is 10.1 Å². The summed E-state index contributed by atoms with van der Waals surface area (Å²) in [6.07, 6.45) is 0. The standard InChI is InChI=1S/C7H6O6S.K.Na.2H/c8-6-2-1-4(14(11,12)13)3-5(6)7(9)10;;;;/h1-3,8H,(H,9,10)(H,11,12,13);;;;/q;2*+1;2*-1. The Morgan fingerprint density at radius 1 is 1.31 bits per heavy atom. The molecule has 3 N–H and O–H groups in total. The summed E-state index contributed by atoms with van der Waals surface area (Å²) in [7, 11) is -4.45. The first-order chi connectivity index (χ1) is 6.32. The van der Waals surface area contributed by atoms with Crippen molar-refractivity contribution in [2.24, 2.45) is 0 Å². The first kappa shape index (κ1) is 19.4. The molecule has 0 spiro atoms. The molecule has 1 aromatic rings. The van der Waals surface area contributed by atoms with Gasteiger partial charge in [-0.15, -0.1) is 0 Å². The first-order valence-corrected chi connectivity index (χ1v) is 4.80. The smallest absolute Gasteiger partial charge is 1.00 e. The molecule has 0 aliphatic carbocycles. The molecule has 0 aliphatic heterocycles. The number of carbonyl (C=O) groups is 1. The van der Waals surface area contributed by atoms with Crippen molar-refractivity contribution >= 4 is 16.1 Å². The Balaban J connectivity index is -0.000000245. The monoisotopic (exact) mass is 282 g/mol. The predicted molar refractivity (Wildman–Crippen MR) is 47.1 cm³/mol. The number of aromatic hydroxyl groups is 1. The van der Waals surface area contributed by atoms with Gasteiger partial charge in [-0.1, -0.05) is 0 Å². The van der Waals surface area contributed by atoms with Gasteiger partial charge in [0.15, 0.2) is 0 Å². The molecule has 0 bridgehead atoms. The van der Waals surface area contributed by atoms with Crippen molar-refractivity contribution in [1.82, 2.24) is 0 Å². The maximum atomic E-state index is 10.6. The zero-order valence-electron chi connectivity index (χ0n) is 10.7. The third kappa shape index (κ3) is 5.13. The van der Waals surface area contributed by atoms with Crippen LogP contribution < -0.4 is 80.9 Å². The van der Waals surface area contributed by atoms with Crippen molar-refractivity contribution in [1.29, 1.82) is 0 Å². The Kier molecular flexibility index (Phi) is 9.04. The molecule has 0 atom stereocenters. The molecule has 1 rings (SSSR count). The summed E-state index contributed by atoms with van der Waals surface area (Å²) in [6.45, 7) is 0. The zero-order chi connectivity index (χ0) is 10.9. The number of hydrogen-bond acceptors (Lipinski definition) is 4. The van der Waals surface area contributed by atoms with Crippen LogP contribution in [0.1, 0.15) is 13.2 Å². The molecule has 0 unspecified atom stereocenters. The Morgan fingerprint density at radius 3 is 2.19 bits per heavy atom. The van der Waals surface area contributed by atoms with E-state index in [0.29, 0.717) is 6.07 Å². The summed E-state index contributed by atoms with van der Waals surface area (Å²) in [5, 5.41) is 17.5. The van der Waals surface area contributed by atoms with Crippen molar-refractivity contribution in [2.45, 2.75) is 4.90 Å². The van der Waals surface area contributed by atoms with Gasteiger partial charge in [0.1, 0.15) is 11.3 Å². The molecule has 0 aliphatic rings. The first-order valence-electron chi connectivity index (χ1n) is 3.36. The van der Waals surface area contributed by atoms with E-state index >= 15 is 0 Å². The van der Waals surface area contributed by atoms with Crippen molar-refractivity contribution in [2.75, 3.05) is 0 Å². The van der Waals surface area contributed by atoms with Crippen LogP contribution in [0.4, 0.5) is 0 Å². The van der Waals surface area contributed by atoms with E-state index in [9.17, 15) is 13.2 Å². The fourth-order valence-corrected chi connectivity index (χ4v) is 1.35. The van der Waals surface area contributed by atoms with Crippen molar-refractivity contribution < 1.29 is 112 Å².